The van der Waals surface area contributed by atoms with Gasteiger partial charge < -0.3 is 14.4 Å². The number of thiophene rings is 1. The fourth-order valence-corrected chi connectivity index (χ4v) is 11.5. The first-order chi connectivity index (χ1) is 22.5. The molecular weight excluding hydrogens is 619 g/mol. The Morgan fingerprint density at radius 3 is 2.11 bits per heavy atom. The van der Waals surface area contributed by atoms with Crippen molar-refractivity contribution >= 4 is 68.7 Å². The second kappa shape index (κ2) is 10.7. The second-order valence-electron chi connectivity index (χ2n) is 12.2. The van der Waals surface area contributed by atoms with E-state index in [4.69, 9.17) is 9.47 Å². The van der Waals surface area contributed by atoms with E-state index in [1.54, 1.807) is 11.8 Å². The molecule has 0 unspecified atom stereocenters. The van der Waals surface area contributed by atoms with Crippen molar-refractivity contribution in [3.63, 3.8) is 0 Å². The van der Waals surface area contributed by atoms with Crippen LogP contribution in [0.5, 0.6) is 23.0 Å². The number of rotatable bonds is 4. The third-order valence-electron chi connectivity index (χ3n) is 8.98. The van der Waals surface area contributed by atoms with E-state index in [-0.39, 0.29) is 0 Å². The Morgan fingerprint density at radius 1 is 0.565 bits per heavy atom. The molecule has 0 fully saturated rings. The first kappa shape index (κ1) is 27.5. The summed E-state index contributed by atoms with van der Waals surface area (Å²) in [6.07, 6.45) is 0. The number of para-hydroxylation sites is 4. The van der Waals surface area contributed by atoms with E-state index in [1.807, 2.05) is 23.5 Å². The van der Waals surface area contributed by atoms with Crippen LogP contribution in [0.2, 0.25) is 13.1 Å². The summed E-state index contributed by atoms with van der Waals surface area (Å²) in [4.78, 5) is 5.81. The second-order valence-corrected chi connectivity index (χ2v) is 18.7. The highest BCUT2D eigenvalue weighted by atomic mass is 32.2. The number of anilines is 3. The normalized spacial score (nSPS) is 13.9. The summed E-state index contributed by atoms with van der Waals surface area (Å²) in [7, 11) is -2.05. The van der Waals surface area contributed by atoms with Gasteiger partial charge in [-0.2, -0.15) is 0 Å². The Morgan fingerprint density at radius 2 is 1.24 bits per heavy atom. The first-order valence-corrected chi connectivity index (χ1v) is 20.1. The van der Waals surface area contributed by atoms with Crippen LogP contribution in [0.25, 0.3) is 20.5 Å². The fraction of sp³-hybridized carbons (Fsp3) is 0.0500. The third-order valence-corrected chi connectivity index (χ3v) is 14.7. The fourth-order valence-electron chi connectivity index (χ4n) is 6.66. The molecule has 3 heterocycles. The molecule has 1 aromatic heterocycles. The number of fused-ring (bicyclic) bond motifs is 5. The quantitative estimate of drug-likeness (QED) is 0.177. The third kappa shape index (κ3) is 4.40. The lowest BCUT2D eigenvalue weighted by Crippen LogP contribution is -2.56. The van der Waals surface area contributed by atoms with Crippen molar-refractivity contribution in [2.45, 2.75) is 22.9 Å². The molecule has 0 aliphatic carbocycles. The smallest absolute Gasteiger partial charge is 0.165 e. The van der Waals surface area contributed by atoms with E-state index < -0.39 is 8.07 Å². The zero-order chi connectivity index (χ0) is 30.8. The standard InChI is InChI=1S/C40H29NO2S2Si/c1-46(2)37-20-9-7-17-32(37)43-40-30(15-11-21-38(40)46)41(29-14-10-19-35-39(29)42-31-16-6-8-18-34(31)45-35)28-22-23-33-27(24-28)25-36(44-33)26-12-4-3-5-13-26/h3-25H,1-2H3. The highest BCUT2D eigenvalue weighted by molar-refractivity contribution is 7.99. The van der Waals surface area contributed by atoms with Crippen LogP contribution in [-0.2, 0) is 0 Å². The summed E-state index contributed by atoms with van der Waals surface area (Å²) in [5, 5.41) is 3.83. The zero-order valence-corrected chi connectivity index (χ0v) is 28.0. The molecule has 3 nitrogen and oxygen atoms in total. The van der Waals surface area contributed by atoms with Crippen LogP contribution in [0.1, 0.15) is 0 Å². The SMILES string of the molecule is C[Si]1(C)c2ccccc2Oc2c(N(c3ccc4sc(-c5ccccc5)cc4c3)c3cccc4c3Oc3ccccc3S4)cccc21. The minimum atomic E-state index is -2.05. The Kier molecular flexibility index (Phi) is 6.39. The van der Waals surface area contributed by atoms with Gasteiger partial charge >= 0.3 is 0 Å². The predicted molar refractivity (Wildman–Crippen MR) is 196 cm³/mol. The van der Waals surface area contributed by atoms with Gasteiger partial charge in [-0.1, -0.05) is 104 Å². The van der Waals surface area contributed by atoms with Gasteiger partial charge in [-0.15, -0.1) is 11.3 Å². The molecule has 6 heteroatoms. The molecule has 0 saturated heterocycles. The van der Waals surface area contributed by atoms with E-state index in [0.29, 0.717) is 0 Å². The summed E-state index contributed by atoms with van der Waals surface area (Å²) in [6.45, 7) is 4.84. The molecule has 7 aromatic rings. The van der Waals surface area contributed by atoms with E-state index >= 15 is 0 Å². The average molecular weight is 648 g/mol. The van der Waals surface area contributed by atoms with Gasteiger partial charge in [-0.05, 0) is 82.0 Å². The Bertz CT molecular complexity index is 2300. The lowest BCUT2D eigenvalue weighted by atomic mass is 10.1. The molecule has 0 amide bonds. The van der Waals surface area contributed by atoms with Crippen LogP contribution in [0.15, 0.2) is 149 Å². The van der Waals surface area contributed by atoms with Crippen LogP contribution in [0.4, 0.5) is 17.1 Å². The van der Waals surface area contributed by atoms with Crippen molar-refractivity contribution in [3.05, 3.63) is 140 Å². The summed E-state index contributed by atoms with van der Waals surface area (Å²) in [6, 6.07) is 49.6. The maximum absolute atomic E-state index is 6.87. The van der Waals surface area contributed by atoms with Gasteiger partial charge in [0.15, 0.2) is 11.5 Å². The molecule has 46 heavy (non-hydrogen) atoms. The molecule has 0 saturated carbocycles. The molecule has 9 rings (SSSR count). The minimum Gasteiger partial charge on any atom is -0.455 e. The van der Waals surface area contributed by atoms with E-state index in [1.165, 1.54) is 30.9 Å². The monoisotopic (exact) mass is 647 g/mol. The summed E-state index contributed by atoms with van der Waals surface area (Å²) < 4.78 is 14.9. The van der Waals surface area contributed by atoms with Crippen molar-refractivity contribution in [1.29, 1.82) is 0 Å². The summed E-state index contributed by atoms with van der Waals surface area (Å²) in [5.41, 5.74) is 4.28. The highest BCUT2D eigenvalue weighted by Crippen LogP contribution is 2.54. The van der Waals surface area contributed by atoms with Gasteiger partial charge in [0.05, 0.1) is 21.2 Å². The van der Waals surface area contributed by atoms with Gasteiger partial charge in [-0.25, -0.2) is 0 Å². The Balaban J connectivity index is 1.26. The molecule has 2 aliphatic heterocycles. The largest absolute Gasteiger partial charge is 0.455 e. The van der Waals surface area contributed by atoms with Gasteiger partial charge in [-0.3, -0.25) is 0 Å². The summed E-state index contributed by atoms with van der Waals surface area (Å²) in [5.74, 6) is 3.61. The van der Waals surface area contributed by atoms with E-state index in [0.717, 1.165) is 49.9 Å². The van der Waals surface area contributed by atoms with Crippen molar-refractivity contribution in [2.75, 3.05) is 4.90 Å². The van der Waals surface area contributed by atoms with Crippen LogP contribution < -0.4 is 24.7 Å². The van der Waals surface area contributed by atoms with Gasteiger partial charge in [0.1, 0.15) is 19.6 Å². The average Bonchev–Trinajstić information content (AvgIpc) is 3.52. The van der Waals surface area contributed by atoms with Crippen LogP contribution in [-0.4, -0.2) is 8.07 Å². The van der Waals surface area contributed by atoms with Crippen molar-refractivity contribution in [1.82, 2.24) is 0 Å². The molecule has 0 bridgehead atoms. The molecule has 222 valence electrons. The lowest BCUT2D eigenvalue weighted by molar-refractivity contribution is 0.455. The lowest BCUT2D eigenvalue weighted by Gasteiger charge is -2.37. The first-order valence-electron chi connectivity index (χ1n) is 15.4. The van der Waals surface area contributed by atoms with Crippen molar-refractivity contribution in [2.24, 2.45) is 0 Å². The molecule has 0 radical (unpaired) electrons. The van der Waals surface area contributed by atoms with E-state index in [9.17, 15) is 0 Å². The molecule has 0 spiro atoms. The molecular formula is C40H29NO2S2Si. The number of nitrogens with zero attached hydrogens (tertiary/aromatic N) is 1. The topological polar surface area (TPSA) is 21.7 Å². The minimum absolute atomic E-state index is 0.854. The van der Waals surface area contributed by atoms with Crippen LogP contribution in [0, 0.1) is 0 Å². The van der Waals surface area contributed by atoms with Crippen molar-refractivity contribution < 1.29 is 9.47 Å². The van der Waals surface area contributed by atoms with Gasteiger partial charge in [0, 0.05) is 15.3 Å². The highest BCUT2D eigenvalue weighted by Gasteiger charge is 2.38. The number of hydrogen-bond donors (Lipinski definition) is 0. The van der Waals surface area contributed by atoms with Gasteiger partial charge in [0.25, 0.3) is 0 Å². The Hall–Kier alpha value is -4.75. The number of benzene rings is 6. The molecule has 0 N–H and O–H groups in total. The number of ether oxygens (including phenoxy) is 2. The number of hydrogen-bond acceptors (Lipinski definition) is 5. The maximum atomic E-state index is 6.87. The molecule has 6 aromatic carbocycles. The van der Waals surface area contributed by atoms with Gasteiger partial charge in [0.2, 0.25) is 0 Å². The van der Waals surface area contributed by atoms with Crippen LogP contribution in [0.3, 0.4) is 0 Å². The summed E-state index contributed by atoms with van der Waals surface area (Å²) >= 11 is 3.58. The van der Waals surface area contributed by atoms with Crippen LogP contribution >= 0.6 is 23.1 Å². The molecule has 2 aliphatic rings. The molecule has 0 atom stereocenters. The zero-order valence-electron chi connectivity index (χ0n) is 25.4. The predicted octanol–water partition coefficient (Wildman–Crippen LogP) is 11.2. The Labute approximate surface area is 277 Å². The van der Waals surface area contributed by atoms with E-state index in [2.05, 4.69) is 145 Å². The maximum Gasteiger partial charge on any atom is 0.165 e. The van der Waals surface area contributed by atoms with Crippen molar-refractivity contribution in [3.8, 4) is 33.4 Å².